The van der Waals surface area contributed by atoms with Gasteiger partial charge in [0.05, 0.1) is 41.5 Å². The average molecular weight is 1090 g/mol. The highest BCUT2D eigenvalue weighted by Gasteiger charge is 2.49. The van der Waals surface area contributed by atoms with E-state index in [9.17, 15) is 41.2 Å². The maximum Gasteiger partial charge on any atom is 0.501 e. The fourth-order valence-electron chi connectivity index (χ4n) is 10.2. The van der Waals surface area contributed by atoms with Crippen LogP contribution in [0.5, 0.6) is 0 Å². The van der Waals surface area contributed by atoms with Crippen molar-refractivity contribution in [2.45, 2.75) is 67.1 Å². The van der Waals surface area contributed by atoms with Crippen molar-refractivity contribution in [1.29, 1.82) is 0 Å². The van der Waals surface area contributed by atoms with E-state index in [-0.39, 0.29) is 35.8 Å². The molecule has 74 heavy (non-hydrogen) atoms. The number of aromatic nitrogens is 1. The second-order valence-electron chi connectivity index (χ2n) is 18.7. The maximum absolute atomic E-state index is 15.0. The Kier molecular flexibility index (Phi) is 16.2. The third-order valence-electron chi connectivity index (χ3n) is 14.1. The van der Waals surface area contributed by atoms with Crippen molar-refractivity contribution in [2.75, 3.05) is 84.5 Å². The predicted molar refractivity (Wildman–Crippen MR) is 290 cm³/mol. The van der Waals surface area contributed by atoms with E-state index >= 15 is 0 Å². The summed E-state index contributed by atoms with van der Waals surface area (Å²) < 4.78 is 94.7. The van der Waals surface area contributed by atoms with E-state index in [2.05, 4.69) is 20.0 Å². The number of piperazine rings is 1. The lowest BCUT2D eigenvalue weighted by Crippen LogP contribution is -2.46. The topological polar surface area (TPSA) is 148 Å². The smallest absolute Gasteiger partial charge is 0.478 e. The third kappa shape index (κ3) is 11.2. The zero-order chi connectivity index (χ0) is 52.4. The molecular formula is C54H59ClF3N6O7PS2. The molecule has 3 fully saturated rings. The van der Waals surface area contributed by atoms with Gasteiger partial charge < -0.3 is 39.3 Å². The van der Waals surface area contributed by atoms with Gasteiger partial charge in [0.15, 0.2) is 0 Å². The Balaban J connectivity index is 0.919. The summed E-state index contributed by atoms with van der Waals surface area (Å²) in [5.74, 6) is -0.583. The van der Waals surface area contributed by atoms with E-state index in [1.165, 1.54) is 28.6 Å². The van der Waals surface area contributed by atoms with Crippen molar-refractivity contribution in [3.63, 3.8) is 0 Å². The lowest BCUT2D eigenvalue weighted by molar-refractivity contribution is -0.0435. The summed E-state index contributed by atoms with van der Waals surface area (Å²) in [5, 5.41) is 24.1. The van der Waals surface area contributed by atoms with Gasteiger partial charge in [0.2, 0.25) is 0 Å². The molecule has 6 aromatic rings. The third-order valence-corrected chi connectivity index (χ3v) is 19.6. The molecule has 20 heteroatoms. The van der Waals surface area contributed by atoms with Gasteiger partial charge in [-0.15, -0.1) is 11.8 Å². The molecule has 0 spiro atoms. The molecule has 0 amide bonds. The number of thioether (sulfide) groups is 1. The number of piperidine rings is 1. The van der Waals surface area contributed by atoms with Crippen LogP contribution in [-0.2, 0) is 25.5 Å². The van der Waals surface area contributed by atoms with E-state index in [0.717, 1.165) is 39.2 Å². The van der Waals surface area contributed by atoms with Crippen molar-refractivity contribution in [1.82, 2.24) is 9.47 Å². The normalized spacial score (nSPS) is 18.5. The number of halogens is 4. The molecule has 3 aliphatic heterocycles. The van der Waals surface area contributed by atoms with E-state index in [1.807, 2.05) is 97.3 Å². The number of alkyl halides is 3. The number of hydrogen-bond donors (Lipinski definition) is 3. The maximum atomic E-state index is 15.0. The molecule has 0 radical (unpaired) electrons. The van der Waals surface area contributed by atoms with Crippen LogP contribution in [0.2, 0.25) is 5.02 Å². The SMILES string of the molecule is CCn1c(C)c(C(=O)O)c(-c2cccc(N3CCN(c4ccc(N5CCO[P@@]5(=O)c5ccc(N[C@H](CCN6CCC(O)CC6)CSc6ccccc6)c(S(=O)(=O)C(F)(F)F)c5)cc4)CC3)c2)c1-c1ccc(Cl)cc1. The van der Waals surface area contributed by atoms with Gasteiger partial charge in [-0.25, -0.2) is 13.2 Å². The average Bonchev–Trinajstić information content (AvgIpc) is 3.95. The molecule has 0 saturated carbocycles. The van der Waals surface area contributed by atoms with Gasteiger partial charge in [0.25, 0.3) is 9.84 Å². The largest absolute Gasteiger partial charge is 0.501 e. The van der Waals surface area contributed by atoms with E-state index < -0.39 is 39.8 Å². The fourth-order valence-corrected chi connectivity index (χ4v) is 14.6. The molecule has 3 aliphatic rings. The highest BCUT2D eigenvalue weighted by Crippen LogP contribution is 2.56. The van der Waals surface area contributed by atoms with E-state index in [4.69, 9.17) is 16.1 Å². The van der Waals surface area contributed by atoms with Crippen molar-refractivity contribution in [3.8, 4) is 22.4 Å². The number of carboxylic acid groups (broad SMARTS) is 1. The van der Waals surface area contributed by atoms with Crippen molar-refractivity contribution < 1.29 is 45.7 Å². The zero-order valence-electron chi connectivity index (χ0n) is 41.0. The van der Waals surface area contributed by atoms with Crippen molar-refractivity contribution in [2.24, 2.45) is 0 Å². The van der Waals surface area contributed by atoms with Gasteiger partial charge >= 0.3 is 19.0 Å². The lowest BCUT2D eigenvalue weighted by atomic mass is 9.96. The van der Waals surface area contributed by atoms with Gasteiger partial charge in [0.1, 0.15) is 4.90 Å². The molecule has 0 aliphatic carbocycles. The number of hydrogen-bond acceptors (Lipinski definition) is 11. The van der Waals surface area contributed by atoms with Crippen molar-refractivity contribution in [3.05, 3.63) is 138 Å². The van der Waals surface area contributed by atoms with Crippen LogP contribution in [0.3, 0.4) is 0 Å². The van der Waals surface area contributed by atoms with Crippen molar-refractivity contribution >= 4 is 74.7 Å². The number of anilines is 4. The fraction of sp³-hybridized carbons (Fsp3) is 0.352. The first-order valence-electron chi connectivity index (χ1n) is 24.7. The van der Waals surface area contributed by atoms with Gasteiger partial charge in [-0.3, -0.25) is 9.24 Å². The first-order valence-corrected chi connectivity index (χ1v) is 29.1. The number of carbonyl (C=O) groups is 1. The summed E-state index contributed by atoms with van der Waals surface area (Å²) in [6.07, 6.45) is 1.35. The molecule has 13 nitrogen and oxygen atoms in total. The number of nitrogens with one attached hydrogen (secondary N) is 1. The first-order chi connectivity index (χ1) is 35.4. The van der Waals surface area contributed by atoms with Gasteiger partial charge in [-0.1, -0.05) is 54.1 Å². The Bertz CT molecular complexity index is 3120. The first kappa shape index (κ1) is 53.4. The summed E-state index contributed by atoms with van der Waals surface area (Å²) in [7, 11) is -10.0. The number of aliphatic hydroxyl groups is 1. The van der Waals surface area contributed by atoms with E-state index in [1.54, 1.807) is 24.3 Å². The summed E-state index contributed by atoms with van der Waals surface area (Å²) in [4.78, 5) is 19.4. The van der Waals surface area contributed by atoms with Gasteiger partial charge in [-0.05, 0) is 123 Å². The van der Waals surface area contributed by atoms with Crippen LogP contribution in [0.1, 0.15) is 42.2 Å². The van der Waals surface area contributed by atoms with E-state index in [0.29, 0.717) is 99.3 Å². The predicted octanol–water partition coefficient (Wildman–Crippen LogP) is 10.9. The van der Waals surface area contributed by atoms with Crippen LogP contribution in [0, 0.1) is 6.92 Å². The van der Waals surface area contributed by atoms with Crippen LogP contribution in [0.15, 0.2) is 131 Å². The van der Waals surface area contributed by atoms with Crippen LogP contribution in [0.25, 0.3) is 22.4 Å². The highest BCUT2D eigenvalue weighted by molar-refractivity contribution is 7.99. The molecule has 3 saturated heterocycles. The standard InChI is InChI=1S/C54H59ClF3N6O7PS2/c1-3-63-37(2)50(53(66)67)51(52(63)38-12-14-40(55)15-13-38)39-8-7-9-44(34-39)62-30-28-61(29-31-62)42-16-18-43(19-17-42)64-32-33-71-72(64,68)46-20-21-48(49(35-46)74(69,70)54(56,57)58)59-41(36-73-47-10-5-4-6-11-47)22-25-60-26-23-45(65)24-27-60/h4-21,34-35,41,45,59,65H,3,22-33,36H2,1-2H3,(H,66,67)/t41-,72+/m1/s1. The monoisotopic (exact) mass is 1090 g/mol. The molecule has 3 N–H and O–H groups in total. The Morgan fingerprint density at radius 2 is 1.50 bits per heavy atom. The lowest BCUT2D eigenvalue weighted by Gasteiger charge is -2.37. The summed E-state index contributed by atoms with van der Waals surface area (Å²) >= 11 is 7.74. The Morgan fingerprint density at radius 1 is 0.838 bits per heavy atom. The number of rotatable bonds is 17. The van der Waals surface area contributed by atoms with Crippen LogP contribution in [0.4, 0.5) is 35.9 Å². The number of aromatic carboxylic acids is 1. The van der Waals surface area contributed by atoms with Crippen LogP contribution in [-0.4, -0.2) is 116 Å². The Morgan fingerprint density at radius 3 is 2.15 bits per heavy atom. The molecule has 4 heterocycles. The van der Waals surface area contributed by atoms with Crippen LogP contribution >= 0.6 is 30.9 Å². The van der Waals surface area contributed by atoms with Crippen LogP contribution < -0.4 is 25.1 Å². The quantitative estimate of drug-likeness (QED) is 0.0588. The van der Waals surface area contributed by atoms with Gasteiger partial charge in [0, 0.05) is 102 Å². The molecule has 0 unspecified atom stereocenters. The second-order valence-corrected chi connectivity index (χ2v) is 24.5. The Labute approximate surface area is 439 Å². The minimum absolute atomic E-state index is 0.0000452. The molecule has 392 valence electrons. The molecule has 5 aromatic carbocycles. The minimum Gasteiger partial charge on any atom is -0.478 e. The summed E-state index contributed by atoms with van der Waals surface area (Å²) in [6, 6.07) is 35.3. The molecule has 2 atom stereocenters. The molecular weight excluding hydrogens is 1030 g/mol. The number of carboxylic acids is 1. The number of aliphatic hydroxyl groups excluding tert-OH is 1. The molecule has 9 rings (SSSR count). The molecule has 1 aromatic heterocycles. The number of sulfone groups is 1. The molecule has 0 bridgehead atoms. The summed E-state index contributed by atoms with van der Waals surface area (Å²) in [5.41, 5.74) is 0.498. The highest BCUT2D eigenvalue weighted by atomic mass is 35.5. The van der Waals surface area contributed by atoms with Gasteiger partial charge in [-0.2, -0.15) is 13.2 Å². The zero-order valence-corrected chi connectivity index (χ0v) is 44.3. The number of benzene rings is 5. The summed E-state index contributed by atoms with van der Waals surface area (Å²) in [6.45, 7) is 9.12. The number of nitrogens with zero attached hydrogens (tertiary/aromatic N) is 5. The Hall–Kier alpha value is -5.46. The number of likely N-dealkylation sites (tertiary alicyclic amines) is 1. The second kappa shape index (κ2) is 22.4. The minimum atomic E-state index is -5.94.